The molecule has 3 rings (SSSR count). The Balaban J connectivity index is 1.84. The Bertz CT molecular complexity index is 654. The topological polar surface area (TPSA) is 71.2 Å². The summed E-state index contributed by atoms with van der Waals surface area (Å²) in [6.07, 6.45) is 3.52. The van der Waals surface area contributed by atoms with Crippen molar-refractivity contribution < 1.29 is 9.90 Å². The number of nitrogens with zero attached hydrogens (tertiary/aromatic N) is 4. The Labute approximate surface area is 126 Å². The van der Waals surface area contributed by atoms with Crippen molar-refractivity contribution in [2.24, 2.45) is 0 Å². The lowest BCUT2D eigenvalue weighted by molar-refractivity contribution is 0.0701. The van der Waals surface area contributed by atoms with Gasteiger partial charge in [-0.25, -0.2) is 4.68 Å². The van der Waals surface area contributed by atoms with Gasteiger partial charge in [-0.3, -0.25) is 4.79 Å². The monoisotopic (exact) mass is 306 g/mol. The number of para-hydroxylation sites is 1. The predicted octanol–water partition coefficient (Wildman–Crippen LogP) is 1.52. The minimum Gasteiger partial charge on any atom is -0.395 e. The van der Waals surface area contributed by atoms with Crippen molar-refractivity contribution in [1.82, 2.24) is 19.9 Å². The van der Waals surface area contributed by atoms with Crippen LogP contribution < -0.4 is 0 Å². The normalized spacial score (nSPS) is 14.2. The van der Waals surface area contributed by atoms with Gasteiger partial charge >= 0.3 is 0 Å². The molecule has 1 saturated carbocycles. The lowest BCUT2D eigenvalue weighted by Gasteiger charge is -2.19. The zero-order valence-electron chi connectivity index (χ0n) is 11.3. The number of aliphatic hydroxyl groups excluding tert-OH is 1. The quantitative estimate of drug-likeness (QED) is 0.909. The maximum absolute atomic E-state index is 12.4. The molecular weight excluding hydrogens is 292 g/mol. The Morgan fingerprint density at radius 2 is 2.19 bits per heavy atom. The van der Waals surface area contributed by atoms with E-state index in [4.69, 9.17) is 16.7 Å². The van der Waals surface area contributed by atoms with Crippen LogP contribution >= 0.6 is 11.6 Å². The average Bonchev–Trinajstić information content (AvgIpc) is 3.21. The van der Waals surface area contributed by atoms with Crippen LogP contribution in [0.3, 0.4) is 0 Å². The second kappa shape index (κ2) is 5.83. The van der Waals surface area contributed by atoms with E-state index in [9.17, 15) is 4.79 Å². The summed E-state index contributed by atoms with van der Waals surface area (Å²) in [4.78, 5) is 14.1. The highest BCUT2D eigenvalue weighted by Gasteiger charge is 2.33. The number of aromatic nitrogens is 3. The predicted molar refractivity (Wildman–Crippen MR) is 77.5 cm³/mol. The molecule has 6 nitrogen and oxygen atoms in total. The molecule has 1 aliphatic rings. The van der Waals surface area contributed by atoms with Crippen molar-refractivity contribution in [1.29, 1.82) is 0 Å². The molecule has 1 fully saturated rings. The van der Waals surface area contributed by atoms with E-state index in [0.717, 1.165) is 12.8 Å². The van der Waals surface area contributed by atoms with Gasteiger partial charge in [0.2, 0.25) is 0 Å². The van der Waals surface area contributed by atoms with Gasteiger partial charge in [-0.05, 0) is 25.0 Å². The number of hydrogen-bond donors (Lipinski definition) is 1. The maximum Gasteiger partial charge on any atom is 0.276 e. The number of aliphatic hydroxyl groups is 1. The van der Waals surface area contributed by atoms with E-state index in [-0.39, 0.29) is 24.2 Å². The first-order valence-corrected chi connectivity index (χ1v) is 7.17. The number of halogens is 1. The van der Waals surface area contributed by atoms with E-state index in [1.54, 1.807) is 23.2 Å². The van der Waals surface area contributed by atoms with E-state index in [1.165, 1.54) is 4.68 Å². The first kappa shape index (κ1) is 14.0. The van der Waals surface area contributed by atoms with Crippen LogP contribution in [0, 0.1) is 0 Å². The molecule has 0 aliphatic heterocycles. The lowest BCUT2D eigenvalue weighted by atomic mass is 10.3. The second-order valence-electron chi connectivity index (χ2n) is 4.95. The van der Waals surface area contributed by atoms with E-state index in [2.05, 4.69) is 10.3 Å². The van der Waals surface area contributed by atoms with Crippen LogP contribution in [0.4, 0.5) is 0 Å². The van der Waals surface area contributed by atoms with Gasteiger partial charge in [-0.15, -0.1) is 5.10 Å². The van der Waals surface area contributed by atoms with Crippen LogP contribution in [0.2, 0.25) is 5.02 Å². The van der Waals surface area contributed by atoms with E-state index in [0.29, 0.717) is 17.3 Å². The second-order valence-corrected chi connectivity index (χ2v) is 5.36. The first-order chi connectivity index (χ1) is 10.2. The van der Waals surface area contributed by atoms with Crippen LogP contribution in [0.15, 0.2) is 30.5 Å². The van der Waals surface area contributed by atoms with E-state index >= 15 is 0 Å². The number of hydrogen-bond acceptors (Lipinski definition) is 4. The minimum absolute atomic E-state index is 0.0547. The highest BCUT2D eigenvalue weighted by Crippen LogP contribution is 2.28. The molecule has 21 heavy (non-hydrogen) atoms. The molecule has 1 aromatic carbocycles. The summed E-state index contributed by atoms with van der Waals surface area (Å²) in [5.74, 6) is -0.204. The minimum atomic E-state index is -0.204. The standard InChI is InChI=1S/C14H15ClN4O2/c15-11-3-1-2-4-13(11)19-9-12(16-17-19)14(21)18(7-8-20)10-5-6-10/h1-4,9-10,20H,5-8H2. The van der Waals surface area contributed by atoms with Crippen molar-refractivity contribution in [3.05, 3.63) is 41.2 Å². The van der Waals surface area contributed by atoms with Crippen molar-refractivity contribution in [3.8, 4) is 5.69 Å². The number of carbonyl (C=O) groups is 1. The molecule has 0 atom stereocenters. The third-order valence-electron chi connectivity index (χ3n) is 3.40. The Morgan fingerprint density at radius 1 is 1.43 bits per heavy atom. The molecule has 1 aliphatic carbocycles. The van der Waals surface area contributed by atoms with Crippen LogP contribution in [0.5, 0.6) is 0 Å². The summed E-state index contributed by atoms with van der Waals surface area (Å²) in [6, 6.07) is 7.44. The zero-order chi connectivity index (χ0) is 14.8. The fourth-order valence-corrected chi connectivity index (χ4v) is 2.43. The number of carbonyl (C=O) groups excluding carboxylic acids is 1. The van der Waals surface area contributed by atoms with Crippen LogP contribution in [-0.4, -0.2) is 50.1 Å². The van der Waals surface area contributed by atoms with Crippen molar-refractivity contribution in [2.75, 3.05) is 13.2 Å². The molecule has 0 saturated heterocycles. The molecule has 1 heterocycles. The average molecular weight is 307 g/mol. The summed E-state index contributed by atoms with van der Waals surface area (Å²) >= 11 is 6.10. The van der Waals surface area contributed by atoms with Gasteiger partial charge in [0.1, 0.15) is 0 Å². The summed E-state index contributed by atoms with van der Waals surface area (Å²) < 4.78 is 1.49. The molecule has 0 unspecified atom stereocenters. The van der Waals surface area contributed by atoms with Crippen molar-refractivity contribution in [3.63, 3.8) is 0 Å². The molecular formula is C14H15ClN4O2. The molecule has 0 bridgehead atoms. The molecule has 1 amide bonds. The molecule has 110 valence electrons. The number of amides is 1. The Kier molecular flexibility index (Phi) is 3.90. The smallest absolute Gasteiger partial charge is 0.276 e. The van der Waals surface area contributed by atoms with E-state index < -0.39 is 0 Å². The Hall–Kier alpha value is -1.92. The fraction of sp³-hybridized carbons (Fsp3) is 0.357. The Morgan fingerprint density at radius 3 is 2.86 bits per heavy atom. The molecule has 1 aromatic heterocycles. The van der Waals surface area contributed by atoms with Crippen molar-refractivity contribution in [2.45, 2.75) is 18.9 Å². The summed E-state index contributed by atoms with van der Waals surface area (Å²) in [6.45, 7) is 0.267. The largest absolute Gasteiger partial charge is 0.395 e. The summed E-state index contributed by atoms with van der Waals surface area (Å²) in [5, 5.41) is 17.5. The molecule has 2 aromatic rings. The molecule has 0 spiro atoms. The third kappa shape index (κ3) is 2.91. The van der Waals surface area contributed by atoms with Crippen LogP contribution in [0.25, 0.3) is 5.69 Å². The number of rotatable bonds is 5. The first-order valence-electron chi connectivity index (χ1n) is 6.80. The van der Waals surface area contributed by atoms with Gasteiger partial charge in [0.05, 0.1) is 23.5 Å². The van der Waals surface area contributed by atoms with Crippen molar-refractivity contribution >= 4 is 17.5 Å². The third-order valence-corrected chi connectivity index (χ3v) is 3.72. The van der Waals surface area contributed by atoms with Gasteiger partial charge in [0, 0.05) is 12.6 Å². The highest BCUT2D eigenvalue weighted by atomic mass is 35.5. The zero-order valence-corrected chi connectivity index (χ0v) is 12.1. The van der Waals surface area contributed by atoms with Crippen LogP contribution in [0.1, 0.15) is 23.3 Å². The lowest BCUT2D eigenvalue weighted by Crippen LogP contribution is -2.35. The summed E-state index contributed by atoms with van der Waals surface area (Å²) in [5.41, 5.74) is 0.932. The van der Waals surface area contributed by atoms with Gasteiger partial charge in [-0.2, -0.15) is 0 Å². The SMILES string of the molecule is O=C(c1cn(-c2ccccc2Cl)nn1)N(CCO)C1CC1. The van der Waals surface area contributed by atoms with Crippen LogP contribution in [-0.2, 0) is 0 Å². The van der Waals surface area contributed by atoms with Gasteiger partial charge in [0.15, 0.2) is 5.69 Å². The maximum atomic E-state index is 12.4. The highest BCUT2D eigenvalue weighted by molar-refractivity contribution is 6.32. The number of benzene rings is 1. The fourth-order valence-electron chi connectivity index (χ4n) is 2.21. The molecule has 7 heteroatoms. The van der Waals surface area contributed by atoms with Gasteiger partial charge < -0.3 is 10.0 Å². The molecule has 1 N–H and O–H groups in total. The van der Waals surface area contributed by atoms with E-state index in [1.807, 2.05) is 12.1 Å². The van der Waals surface area contributed by atoms with Gasteiger partial charge in [0.25, 0.3) is 5.91 Å². The molecule has 0 radical (unpaired) electrons. The summed E-state index contributed by atoms with van der Waals surface area (Å²) in [7, 11) is 0. The van der Waals surface area contributed by atoms with Gasteiger partial charge in [-0.1, -0.05) is 28.9 Å².